The van der Waals surface area contributed by atoms with Crippen molar-refractivity contribution in [3.05, 3.63) is 88.4 Å². The number of aryl methyl sites for hydroxylation is 2. The molecular formula is C24H23ClN2O2. The summed E-state index contributed by atoms with van der Waals surface area (Å²) in [5.41, 5.74) is 4.54. The molecule has 3 aromatic rings. The zero-order valence-corrected chi connectivity index (χ0v) is 17.2. The normalized spacial score (nSPS) is 10.9. The Labute approximate surface area is 176 Å². The SMILES string of the molecule is CCc1ccc(N=Cc2ccccc2OCC(=O)Nc2ccc(C)c(Cl)c2)cc1. The maximum Gasteiger partial charge on any atom is 0.262 e. The molecule has 29 heavy (non-hydrogen) atoms. The van der Waals surface area contributed by atoms with Crippen LogP contribution in [0.3, 0.4) is 0 Å². The molecule has 0 aliphatic rings. The average Bonchev–Trinajstić information content (AvgIpc) is 2.74. The van der Waals surface area contributed by atoms with Crippen molar-refractivity contribution in [1.82, 2.24) is 0 Å². The standard InChI is InChI=1S/C24H23ClN2O2/c1-3-18-9-12-20(13-10-18)26-15-19-6-4-5-7-23(19)29-16-24(28)27-21-11-8-17(2)22(25)14-21/h4-15H,3,16H2,1-2H3,(H,27,28). The molecule has 0 aliphatic heterocycles. The molecule has 3 aromatic carbocycles. The summed E-state index contributed by atoms with van der Waals surface area (Å²) in [6.45, 7) is 3.92. The second kappa shape index (κ2) is 9.89. The number of amides is 1. The third kappa shape index (κ3) is 5.93. The summed E-state index contributed by atoms with van der Waals surface area (Å²) in [5.74, 6) is 0.338. The predicted octanol–water partition coefficient (Wildman–Crippen LogP) is 5.98. The molecule has 0 unspecified atom stereocenters. The van der Waals surface area contributed by atoms with Crippen LogP contribution in [0.4, 0.5) is 11.4 Å². The molecule has 0 aromatic heterocycles. The first kappa shape index (κ1) is 20.6. The number of nitrogens with zero attached hydrogens (tertiary/aromatic N) is 1. The Balaban J connectivity index is 1.63. The lowest BCUT2D eigenvalue weighted by Gasteiger charge is -2.10. The fraction of sp³-hybridized carbons (Fsp3) is 0.167. The van der Waals surface area contributed by atoms with Gasteiger partial charge in [0.25, 0.3) is 5.91 Å². The molecule has 0 aliphatic carbocycles. The largest absolute Gasteiger partial charge is 0.483 e. The van der Waals surface area contributed by atoms with Crippen LogP contribution in [-0.2, 0) is 11.2 Å². The van der Waals surface area contributed by atoms with E-state index in [1.807, 2.05) is 55.5 Å². The van der Waals surface area contributed by atoms with Crippen LogP contribution < -0.4 is 10.1 Å². The highest BCUT2D eigenvalue weighted by Crippen LogP contribution is 2.21. The topological polar surface area (TPSA) is 50.7 Å². The minimum absolute atomic E-state index is 0.110. The van der Waals surface area contributed by atoms with Gasteiger partial charge >= 0.3 is 0 Å². The van der Waals surface area contributed by atoms with Gasteiger partial charge in [0, 0.05) is 22.5 Å². The number of halogens is 1. The van der Waals surface area contributed by atoms with Crippen molar-refractivity contribution >= 4 is 35.1 Å². The maximum atomic E-state index is 12.2. The molecule has 1 amide bonds. The van der Waals surface area contributed by atoms with Crippen molar-refractivity contribution in [3.8, 4) is 5.75 Å². The van der Waals surface area contributed by atoms with Crippen molar-refractivity contribution in [2.24, 2.45) is 4.99 Å². The van der Waals surface area contributed by atoms with E-state index >= 15 is 0 Å². The number of nitrogens with one attached hydrogen (secondary N) is 1. The van der Waals surface area contributed by atoms with Gasteiger partial charge in [-0.25, -0.2) is 0 Å². The first-order valence-electron chi connectivity index (χ1n) is 9.46. The minimum Gasteiger partial charge on any atom is -0.483 e. The van der Waals surface area contributed by atoms with E-state index in [1.54, 1.807) is 12.3 Å². The molecular weight excluding hydrogens is 384 g/mol. The van der Waals surface area contributed by atoms with Gasteiger partial charge in [-0.3, -0.25) is 9.79 Å². The quantitative estimate of drug-likeness (QED) is 0.491. The van der Waals surface area contributed by atoms with E-state index in [9.17, 15) is 4.79 Å². The number of hydrogen-bond acceptors (Lipinski definition) is 3. The third-order valence-electron chi connectivity index (χ3n) is 4.43. The van der Waals surface area contributed by atoms with Crippen molar-refractivity contribution in [3.63, 3.8) is 0 Å². The molecule has 4 nitrogen and oxygen atoms in total. The molecule has 0 saturated heterocycles. The molecule has 0 atom stereocenters. The number of para-hydroxylation sites is 1. The Morgan fingerprint density at radius 1 is 1.10 bits per heavy atom. The van der Waals surface area contributed by atoms with Gasteiger partial charge in [0.2, 0.25) is 0 Å². The molecule has 3 rings (SSSR count). The van der Waals surface area contributed by atoms with Crippen LogP contribution in [0.1, 0.15) is 23.6 Å². The lowest BCUT2D eigenvalue weighted by molar-refractivity contribution is -0.118. The van der Waals surface area contributed by atoms with Gasteiger partial charge in [-0.05, 0) is 60.9 Å². The maximum absolute atomic E-state index is 12.2. The monoisotopic (exact) mass is 406 g/mol. The highest BCUT2D eigenvalue weighted by molar-refractivity contribution is 6.31. The Bertz CT molecular complexity index is 1010. The van der Waals surface area contributed by atoms with Gasteiger partial charge in [-0.15, -0.1) is 0 Å². The van der Waals surface area contributed by atoms with E-state index in [4.69, 9.17) is 16.3 Å². The zero-order valence-electron chi connectivity index (χ0n) is 16.5. The summed E-state index contributed by atoms with van der Waals surface area (Å²) in [6.07, 6.45) is 2.74. The van der Waals surface area contributed by atoms with Crippen molar-refractivity contribution in [2.75, 3.05) is 11.9 Å². The Morgan fingerprint density at radius 3 is 2.59 bits per heavy atom. The molecule has 1 N–H and O–H groups in total. The van der Waals surface area contributed by atoms with Crippen molar-refractivity contribution in [1.29, 1.82) is 0 Å². The number of benzene rings is 3. The van der Waals surface area contributed by atoms with Gasteiger partial charge in [0.05, 0.1) is 5.69 Å². The highest BCUT2D eigenvalue weighted by atomic mass is 35.5. The van der Waals surface area contributed by atoms with Gasteiger partial charge < -0.3 is 10.1 Å². The molecule has 0 heterocycles. The van der Waals surface area contributed by atoms with E-state index in [2.05, 4.69) is 29.4 Å². The van der Waals surface area contributed by atoms with Gasteiger partial charge in [0.1, 0.15) is 5.75 Å². The summed E-state index contributed by atoms with van der Waals surface area (Å²) >= 11 is 6.10. The lowest BCUT2D eigenvalue weighted by Crippen LogP contribution is -2.20. The number of carbonyl (C=O) groups is 1. The second-order valence-electron chi connectivity index (χ2n) is 6.62. The van der Waals surface area contributed by atoms with Crippen LogP contribution in [0.25, 0.3) is 0 Å². The van der Waals surface area contributed by atoms with Crippen molar-refractivity contribution in [2.45, 2.75) is 20.3 Å². The van der Waals surface area contributed by atoms with Crippen LogP contribution in [0.15, 0.2) is 71.7 Å². The summed E-state index contributed by atoms with van der Waals surface area (Å²) in [6, 6.07) is 21.0. The van der Waals surface area contributed by atoms with E-state index in [-0.39, 0.29) is 12.5 Å². The Hall–Kier alpha value is -3.11. The van der Waals surface area contributed by atoms with Crippen LogP contribution in [0.5, 0.6) is 5.75 Å². The first-order valence-corrected chi connectivity index (χ1v) is 9.84. The first-order chi connectivity index (χ1) is 14.0. The summed E-state index contributed by atoms with van der Waals surface area (Å²) in [5, 5.41) is 3.39. The molecule has 0 radical (unpaired) electrons. The third-order valence-corrected chi connectivity index (χ3v) is 4.84. The molecule has 0 saturated carbocycles. The highest BCUT2D eigenvalue weighted by Gasteiger charge is 2.07. The minimum atomic E-state index is -0.258. The number of aliphatic imine (C=N–C) groups is 1. The number of carbonyl (C=O) groups excluding carboxylic acids is 1. The second-order valence-corrected chi connectivity index (χ2v) is 7.02. The molecule has 148 valence electrons. The molecule has 5 heteroatoms. The fourth-order valence-corrected chi connectivity index (χ4v) is 2.87. The Morgan fingerprint density at radius 2 is 1.86 bits per heavy atom. The molecule has 0 spiro atoms. The zero-order chi connectivity index (χ0) is 20.6. The van der Waals surface area contributed by atoms with E-state index in [0.29, 0.717) is 16.5 Å². The van der Waals surface area contributed by atoms with Crippen LogP contribution in [-0.4, -0.2) is 18.7 Å². The molecule has 0 fully saturated rings. The number of hydrogen-bond donors (Lipinski definition) is 1. The van der Waals surface area contributed by atoms with Crippen LogP contribution >= 0.6 is 11.6 Å². The van der Waals surface area contributed by atoms with Crippen molar-refractivity contribution < 1.29 is 9.53 Å². The van der Waals surface area contributed by atoms with Gasteiger partial charge in [-0.2, -0.15) is 0 Å². The number of rotatable bonds is 7. The lowest BCUT2D eigenvalue weighted by atomic mass is 10.1. The summed E-state index contributed by atoms with van der Waals surface area (Å²) < 4.78 is 5.71. The number of ether oxygens (including phenoxy) is 1. The van der Waals surface area contributed by atoms with Crippen LogP contribution in [0, 0.1) is 6.92 Å². The Kier molecular flexibility index (Phi) is 7.04. The van der Waals surface area contributed by atoms with E-state index in [0.717, 1.165) is 23.2 Å². The van der Waals surface area contributed by atoms with E-state index < -0.39 is 0 Å². The summed E-state index contributed by atoms with van der Waals surface area (Å²) in [7, 11) is 0. The molecule has 0 bridgehead atoms. The summed E-state index contributed by atoms with van der Waals surface area (Å²) in [4.78, 5) is 16.7. The smallest absolute Gasteiger partial charge is 0.262 e. The average molecular weight is 407 g/mol. The predicted molar refractivity (Wildman–Crippen MR) is 120 cm³/mol. The van der Waals surface area contributed by atoms with Crippen LogP contribution in [0.2, 0.25) is 5.02 Å². The fourth-order valence-electron chi connectivity index (χ4n) is 2.69. The van der Waals surface area contributed by atoms with Gasteiger partial charge in [-0.1, -0.05) is 48.9 Å². The van der Waals surface area contributed by atoms with E-state index in [1.165, 1.54) is 5.56 Å². The number of anilines is 1. The van der Waals surface area contributed by atoms with Gasteiger partial charge in [0.15, 0.2) is 6.61 Å².